The lowest BCUT2D eigenvalue weighted by Gasteiger charge is -2.06. The number of carbonyl (C=O) groups is 1. The van der Waals surface area contributed by atoms with Crippen molar-refractivity contribution in [2.24, 2.45) is 0 Å². The van der Waals surface area contributed by atoms with Crippen LogP contribution in [0.2, 0.25) is 0 Å². The molecule has 0 saturated carbocycles. The second kappa shape index (κ2) is 8.11. The monoisotopic (exact) mass is 371 g/mol. The highest BCUT2D eigenvalue weighted by atomic mass is 79.9. The van der Waals surface area contributed by atoms with Gasteiger partial charge in [0.05, 0.1) is 12.4 Å². The fourth-order valence-corrected chi connectivity index (χ4v) is 2.43. The van der Waals surface area contributed by atoms with E-state index in [1.165, 1.54) is 11.8 Å². The number of anilines is 1. The number of carbonyl (C=O) groups excluding carboxylic acids is 1. The van der Waals surface area contributed by atoms with E-state index in [4.69, 9.17) is 4.74 Å². The van der Waals surface area contributed by atoms with Gasteiger partial charge in [0.2, 0.25) is 5.91 Å². The van der Waals surface area contributed by atoms with E-state index in [0.29, 0.717) is 24.1 Å². The van der Waals surface area contributed by atoms with Crippen molar-refractivity contribution >= 4 is 39.4 Å². The van der Waals surface area contributed by atoms with Crippen molar-refractivity contribution in [2.45, 2.75) is 11.7 Å². The van der Waals surface area contributed by atoms with Crippen molar-refractivity contribution in [1.82, 2.24) is 19.7 Å². The van der Waals surface area contributed by atoms with Gasteiger partial charge in [0, 0.05) is 24.3 Å². The summed E-state index contributed by atoms with van der Waals surface area (Å²) in [5.41, 5.74) is 0. The number of ether oxygens (including phenoxy) is 1. The molecule has 1 amide bonds. The summed E-state index contributed by atoms with van der Waals surface area (Å²) in [5, 5.41) is 11.2. The molecule has 2 aromatic heterocycles. The van der Waals surface area contributed by atoms with Gasteiger partial charge in [-0.1, -0.05) is 11.8 Å². The van der Waals surface area contributed by atoms with Crippen molar-refractivity contribution in [1.29, 1.82) is 0 Å². The van der Waals surface area contributed by atoms with Crippen molar-refractivity contribution in [3.05, 3.63) is 29.1 Å². The zero-order chi connectivity index (χ0) is 15.1. The SMILES string of the molecule is COCCn1cnnc1SCC(=O)Nc1ccc(Br)cn1. The number of nitrogens with one attached hydrogen (secondary N) is 1. The highest BCUT2D eigenvalue weighted by Crippen LogP contribution is 2.15. The molecule has 0 atom stereocenters. The third kappa shape index (κ3) is 5.10. The lowest BCUT2D eigenvalue weighted by atomic mass is 10.4. The number of halogens is 1. The molecule has 2 heterocycles. The maximum atomic E-state index is 11.9. The van der Waals surface area contributed by atoms with E-state index in [9.17, 15) is 4.79 Å². The van der Waals surface area contributed by atoms with Gasteiger partial charge in [-0.2, -0.15) is 0 Å². The van der Waals surface area contributed by atoms with Crippen LogP contribution in [0.3, 0.4) is 0 Å². The third-order valence-corrected chi connectivity index (χ3v) is 3.89. The Bertz CT molecular complexity index is 590. The highest BCUT2D eigenvalue weighted by molar-refractivity contribution is 9.10. The van der Waals surface area contributed by atoms with Crippen LogP contribution in [-0.4, -0.2) is 45.1 Å². The molecule has 21 heavy (non-hydrogen) atoms. The molecular formula is C12H14BrN5O2S. The summed E-state index contributed by atoms with van der Waals surface area (Å²) in [6.07, 6.45) is 3.25. The Balaban J connectivity index is 1.83. The van der Waals surface area contributed by atoms with E-state index in [1.54, 1.807) is 25.7 Å². The first-order valence-corrected chi connectivity index (χ1v) is 7.88. The van der Waals surface area contributed by atoms with Gasteiger partial charge in [-0.15, -0.1) is 10.2 Å². The Morgan fingerprint density at radius 2 is 2.38 bits per heavy atom. The quantitative estimate of drug-likeness (QED) is 0.747. The first kappa shape index (κ1) is 15.9. The van der Waals surface area contributed by atoms with Crippen LogP contribution in [0.25, 0.3) is 0 Å². The number of amides is 1. The second-order valence-corrected chi connectivity index (χ2v) is 5.86. The minimum Gasteiger partial charge on any atom is -0.383 e. The Kier molecular flexibility index (Phi) is 6.15. The minimum absolute atomic E-state index is 0.142. The maximum Gasteiger partial charge on any atom is 0.236 e. The second-order valence-electron chi connectivity index (χ2n) is 4.00. The fraction of sp³-hybridized carbons (Fsp3) is 0.333. The average molecular weight is 372 g/mol. The predicted octanol–water partition coefficient (Wildman–Crippen LogP) is 1.81. The van der Waals surface area contributed by atoms with Crippen LogP contribution < -0.4 is 5.32 Å². The first-order chi connectivity index (χ1) is 10.2. The molecule has 0 saturated heterocycles. The standard InChI is InChI=1S/C12H14BrN5O2S/c1-20-5-4-18-8-15-17-12(18)21-7-11(19)16-10-3-2-9(13)6-14-10/h2-3,6,8H,4-5,7H2,1H3,(H,14,16,19). The molecule has 0 fully saturated rings. The van der Waals surface area contributed by atoms with Gasteiger partial charge in [0.15, 0.2) is 5.16 Å². The molecule has 9 heteroatoms. The summed E-state index contributed by atoms with van der Waals surface area (Å²) >= 11 is 4.61. The lowest BCUT2D eigenvalue weighted by molar-refractivity contribution is -0.113. The van der Waals surface area contributed by atoms with Crippen LogP contribution >= 0.6 is 27.7 Å². The van der Waals surface area contributed by atoms with Gasteiger partial charge in [-0.05, 0) is 28.1 Å². The van der Waals surface area contributed by atoms with Crippen molar-refractivity contribution in [3.63, 3.8) is 0 Å². The van der Waals surface area contributed by atoms with Gasteiger partial charge < -0.3 is 14.6 Å². The highest BCUT2D eigenvalue weighted by Gasteiger charge is 2.09. The molecule has 0 unspecified atom stereocenters. The smallest absolute Gasteiger partial charge is 0.236 e. The molecule has 1 N–H and O–H groups in total. The molecule has 2 aromatic rings. The maximum absolute atomic E-state index is 11.9. The molecule has 0 aliphatic rings. The summed E-state index contributed by atoms with van der Waals surface area (Å²) in [5.74, 6) is 0.615. The third-order valence-electron chi connectivity index (χ3n) is 2.44. The van der Waals surface area contributed by atoms with Crippen molar-refractivity contribution < 1.29 is 9.53 Å². The van der Waals surface area contributed by atoms with Crippen LogP contribution in [0.5, 0.6) is 0 Å². The minimum atomic E-state index is -0.142. The van der Waals surface area contributed by atoms with Gasteiger partial charge in [-0.25, -0.2) is 4.98 Å². The van der Waals surface area contributed by atoms with E-state index in [1.807, 2.05) is 10.6 Å². The van der Waals surface area contributed by atoms with Gasteiger partial charge in [0.1, 0.15) is 12.1 Å². The number of methoxy groups -OCH3 is 1. The number of hydrogen-bond donors (Lipinski definition) is 1. The molecule has 0 aliphatic carbocycles. The number of aromatic nitrogens is 4. The van der Waals surface area contributed by atoms with E-state index in [0.717, 1.165) is 4.47 Å². The number of pyridine rings is 1. The summed E-state index contributed by atoms with van der Waals surface area (Å²) in [4.78, 5) is 15.9. The van der Waals surface area contributed by atoms with E-state index in [-0.39, 0.29) is 11.7 Å². The number of nitrogens with zero attached hydrogens (tertiary/aromatic N) is 4. The summed E-state index contributed by atoms with van der Waals surface area (Å²) in [7, 11) is 1.63. The van der Waals surface area contributed by atoms with Crippen LogP contribution in [0, 0.1) is 0 Å². The van der Waals surface area contributed by atoms with Crippen molar-refractivity contribution in [3.8, 4) is 0 Å². The lowest BCUT2D eigenvalue weighted by Crippen LogP contribution is -2.15. The fourth-order valence-electron chi connectivity index (χ4n) is 1.46. The first-order valence-electron chi connectivity index (χ1n) is 6.10. The van der Waals surface area contributed by atoms with Crippen LogP contribution in [0.15, 0.2) is 34.3 Å². The zero-order valence-corrected chi connectivity index (χ0v) is 13.7. The molecule has 2 rings (SSSR count). The normalized spacial score (nSPS) is 10.6. The van der Waals surface area contributed by atoms with Gasteiger partial charge in [-0.3, -0.25) is 4.79 Å². The molecule has 0 spiro atoms. The largest absolute Gasteiger partial charge is 0.383 e. The van der Waals surface area contributed by atoms with E-state index in [2.05, 4.69) is 36.4 Å². The molecule has 0 aliphatic heterocycles. The number of thioether (sulfide) groups is 1. The summed E-state index contributed by atoms with van der Waals surface area (Å²) in [6.45, 7) is 1.22. The number of hydrogen-bond acceptors (Lipinski definition) is 6. The van der Waals surface area contributed by atoms with Crippen LogP contribution in [0.1, 0.15) is 0 Å². The van der Waals surface area contributed by atoms with Crippen LogP contribution in [0.4, 0.5) is 5.82 Å². The Hall–Kier alpha value is -1.45. The van der Waals surface area contributed by atoms with E-state index >= 15 is 0 Å². The molecule has 0 aromatic carbocycles. The molecule has 0 bridgehead atoms. The predicted molar refractivity (Wildman–Crippen MR) is 83.2 cm³/mol. The molecule has 0 radical (unpaired) electrons. The average Bonchev–Trinajstić information content (AvgIpc) is 2.93. The Morgan fingerprint density at radius 3 is 3.10 bits per heavy atom. The molecule has 112 valence electrons. The molecular weight excluding hydrogens is 358 g/mol. The van der Waals surface area contributed by atoms with Gasteiger partial charge >= 0.3 is 0 Å². The summed E-state index contributed by atoms with van der Waals surface area (Å²) < 4.78 is 7.72. The topological polar surface area (TPSA) is 81.9 Å². The number of rotatable bonds is 7. The Morgan fingerprint density at radius 1 is 1.52 bits per heavy atom. The summed E-state index contributed by atoms with van der Waals surface area (Å²) in [6, 6.07) is 3.55. The van der Waals surface area contributed by atoms with Crippen molar-refractivity contribution in [2.75, 3.05) is 24.8 Å². The Labute approximate surface area is 134 Å². The molecule has 7 nitrogen and oxygen atoms in total. The van der Waals surface area contributed by atoms with Gasteiger partial charge in [0.25, 0.3) is 0 Å². The van der Waals surface area contributed by atoms with Crippen LogP contribution in [-0.2, 0) is 16.1 Å². The zero-order valence-electron chi connectivity index (χ0n) is 11.3. The van der Waals surface area contributed by atoms with E-state index < -0.39 is 0 Å².